The second kappa shape index (κ2) is 4.62. The average Bonchev–Trinajstić information content (AvgIpc) is 2.62. The quantitative estimate of drug-likeness (QED) is 0.701. The van der Waals surface area contributed by atoms with Crippen LogP contribution >= 0.6 is 0 Å². The zero-order valence-corrected chi connectivity index (χ0v) is 7.99. The van der Waals surface area contributed by atoms with E-state index in [0.29, 0.717) is 12.3 Å². The summed E-state index contributed by atoms with van der Waals surface area (Å²) in [6.07, 6.45) is 1.76. The number of rotatable bonds is 5. The third-order valence-corrected chi connectivity index (χ3v) is 1.82. The van der Waals surface area contributed by atoms with Crippen LogP contribution < -0.4 is 5.32 Å². The van der Waals surface area contributed by atoms with Crippen molar-refractivity contribution in [2.75, 3.05) is 0 Å². The molecule has 1 atom stereocenters. The summed E-state index contributed by atoms with van der Waals surface area (Å²) in [5.74, 6) is -0.475. The van der Waals surface area contributed by atoms with Gasteiger partial charge in [-0.3, -0.25) is 0 Å². The summed E-state index contributed by atoms with van der Waals surface area (Å²) in [6, 6.07) is 3.26. The lowest BCUT2D eigenvalue weighted by atomic mass is 10.3. The molecule has 0 saturated heterocycles. The zero-order valence-electron chi connectivity index (χ0n) is 7.99. The van der Waals surface area contributed by atoms with Gasteiger partial charge in [-0.15, -0.1) is 6.58 Å². The fraction of sp³-hybridized carbons (Fsp3) is 0.300. The number of carboxylic acid groups (broad SMARTS) is 1. The molecule has 76 valence electrons. The van der Waals surface area contributed by atoms with Crippen LogP contribution in [0.4, 0.5) is 0 Å². The molecule has 0 fully saturated rings. The van der Waals surface area contributed by atoms with Gasteiger partial charge in [0.15, 0.2) is 0 Å². The Hall–Kier alpha value is -1.55. The minimum atomic E-state index is -1.05. The van der Waals surface area contributed by atoms with E-state index in [2.05, 4.69) is 11.9 Å². The SMILES string of the molecule is C=CC(C)NCc1ccc(C(=O)O)o1. The van der Waals surface area contributed by atoms with Crippen LogP contribution in [0.15, 0.2) is 29.2 Å². The summed E-state index contributed by atoms with van der Waals surface area (Å²) in [6.45, 7) is 6.07. The Bertz CT molecular complexity index is 330. The van der Waals surface area contributed by atoms with Gasteiger partial charge in [-0.05, 0) is 19.1 Å². The summed E-state index contributed by atoms with van der Waals surface area (Å²) in [7, 11) is 0. The van der Waals surface area contributed by atoms with Gasteiger partial charge < -0.3 is 14.8 Å². The lowest BCUT2D eigenvalue weighted by Crippen LogP contribution is -2.22. The Balaban J connectivity index is 2.51. The van der Waals surface area contributed by atoms with Crippen molar-refractivity contribution in [1.29, 1.82) is 0 Å². The highest BCUT2D eigenvalue weighted by atomic mass is 16.4. The van der Waals surface area contributed by atoms with Gasteiger partial charge in [0, 0.05) is 6.04 Å². The van der Waals surface area contributed by atoms with Crippen LogP contribution in [0.5, 0.6) is 0 Å². The Morgan fingerprint density at radius 3 is 3.00 bits per heavy atom. The average molecular weight is 195 g/mol. The van der Waals surface area contributed by atoms with Gasteiger partial charge in [0.2, 0.25) is 5.76 Å². The molecule has 1 aromatic rings. The van der Waals surface area contributed by atoms with Crippen LogP contribution in [0.3, 0.4) is 0 Å². The van der Waals surface area contributed by atoms with Crippen molar-refractivity contribution in [3.05, 3.63) is 36.3 Å². The summed E-state index contributed by atoms with van der Waals surface area (Å²) in [5.41, 5.74) is 0. The molecule has 0 amide bonds. The topological polar surface area (TPSA) is 62.5 Å². The number of carboxylic acids is 1. The van der Waals surface area contributed by atoms with Gasteiger partial charge >= 0.3 is 5.97 Å². The second-order valence-electron chi connectivity index (χ2n) is 2.98. The lowest BCUT2D eigenvalue weighted by molar-refractivity contribution is 0.0660. The van der Waals surface area contributed by atoms with Crippen LogP contribution in [0.2, 0.25) is 0 Å². The van der Waals surface area contributed by atoms with Crippen molar-refractivity contribution in [3.63, 3.8) is 0 Å². The van der Waals surface area contributed by atoms with Gasteiger partial charge in [-0.25, -0.2) is 4.79 Å². The highest BCUT2D eigenvalue weighted by Crippen LogP contribution is 2.07. The Morgan fingerprint density at radius 1 is 1.79 bits per heavy atom. The molecule has 0 saturated carbocycles. The number of carbonyl (C=O) groups is 1. The number of aromatic carboxylic acids is 1. The number of furan rings is 1. The summed E-state index contributed by atoms with van der Waals surface area (Å²) >= 11 is 0. The molecule has 1 rings (SSSR count). The minimum absolute atomic E-state index is 0.0342. The first-order valence-electron chi connectivity index (χ1n) is 4.31. The molecule has 0 aliphatic heterocycles. The van der Waals surface area contributed by atoms with Crippen molar-refractivity contribution >= 4 is 5.97 Å². The maximum Gasteiger partial charge on any atom is 0.371 e. The third-order valence-electron chi connectivity index (χ3n) is 1.82. The molecular formula is C10H13NO3. The highest BCUT2D eigenvalue weighted by molar-refractivity contribution is 5.84. The third kappa shape index (κ3) is 2.74. The molecule has 4 heteroatoms. The summed E-state index contributed by atoms with van der Waals surface area (Å²) in [5, 5.41) is 11.7. The van der Waals surface area contributed by atoms with Crippen LogP contribution in [-0.2, 0) is 6.54 Å². The lowest BCUT2D eigenvalue weighted by Gasteiger charge is -2.05. The number of hydrogen-bond donors (Lipinski definition) is 2. The van der Waals surface area contributed by atoms with Gasteiger partial charge in [0.1, 0.15) is 5.76 Å². The fourth-order valence-corrected chi connectivity index (χ4v) is 0.933. The molecule has 1 aromatic heterocycles. The van der Waals surface area contributed by atoms with Crippen molar-refractivity contribution < 1.29 is 14.3 Å². The molecule has 0 radical (unpaired) electrons. The largest absolute Gasteiger partial charge is 0.475 e. The van der Waals surface area contributed by atoms with E-state index in [0.717, 1.165) is 0 Å². The molecule has 1 heterocycles. The van der Waals surface area contributed by atoms with Gasteiger partial charge in [0.05, 0.1) is 6.54 Å². The summed E-state index contributed by atoms with van der Waals surface area (Å²) in [4.78, 5) is 10.5. The van der Waals surface area contributed by atoms with Gasteiger partial charge in [-0.1, -0.05) is 6.08 Å². The number of nitrogens with one attached hydrogen (secondary N) is 1. The fourth-order valence-electron chi connectivity index (χ4n) is 0.933. The van der Waals surface area contributed by atoms with E-state index in [1.807, 2.05) is 6.92 Å². The predicted octanol–water partition coefficient (Wildman–Crippen LogP) is 1.64. The molecule has 2 N–H and O–H groups in total. The molecule has 0 bridgehead atoms. The van der Waals surface area contributed by atoms with Crippen molar-refractivity contribution in [3.8, 4) is 0 Å². The minimum Gasteiger partial charge on any atom is -0.475 e. The van der Waals surface area contributed by atoms with Crippen LogP contribution in [0, 0.1) is 0 Å². The molecule has 0 aliphatic carbocycles. The molecular weight excluding hydrogens is 182 g/mol. The number of hydrogen-bond acceptors (Lipinski definition) is 3. The van der Waals surface area contributed by atoms with E-state index in [4.69, 9.17) is 9.52 Å². The van der Waals surface area contributed by atoms with Gasteiger partial charge in [0.25, 0.3) is 0 Å². The van der Waals surface area contributed by atoms with Crippen molar-refractivity contribution in [2.45, 2.75) is 19.5 Å². The van der Waals surface area contributed by atoms with Gasteiger partial charge in [-0.2, -0.15) is 0 Å². The Labute approximate surface area is 82.2 Å². The first-order valence-corrected chi connectivity index (χ1v) is 4.31. The van der Waals surface area contributed by atoms with E-state index >= 15 is 0 Å². The zero-order chi connectivity index (χ0) is 10.6. The highest BCUT2D eigenvalue weighted by Gasteiger charge is 2.08. The first kappa shape index (κ1) is 10.5. The predicted molar refractivity (Wildman–Crippen MR) is 52.2 cm³/mol. The van der Waals surface area contributed by atoms with E-state index in [-0.39, 0.29) is 11.8 Å². The van der Waals surface area contributed by atoms with Crippen LogP contribution in [0.25, 0.3) is 0 Å². The molecule has 0 spiro atoms. The monoisotopic (exact) mass is 195 g/mol. The molecule has 1 unspecified atom stereocenters. The van der Waals surface area contributed by atoms with E-state index in [9.17, 15) is 4.79 Å². The second-order valence-corrected chi connectivity index (χ2v) is 2.98. The Kier molecular flexibility index (Phi) is 3.48. The van der Waals surface area contributed by atoms with Crippen molar-refractivity contribution in [1.82, 2.24) is 5.32 Å². The molecule has 0 aromatic carbocycles. The summed E-state index contributed by atoms with van der Waals surface area (Å²) < 4.78 is 5.04. The smallest absolute Gasteiger partial charge is 0.371 e. The standard InChI is InChI=1S/C10H13NO3/c1-3-7(2)11-6-8-4-5-9(14-8)10(12)13/h3-5,7,11H,1,6H2,2H3,(H,12,13). The van der Waals surface area contributed by atoms with Crippen LogP contribution in [0.1, 0.15) is 23.2 Å². The normalized spacial score (nSPS) is 12.4. The van der Waals surface area contributed by atoms with E-state index in [1.54, 1.807) is 12.1 Å². The maximum atomic E-state index is 10.5. The first-order chi connectivity index (χ1) is 6.63. The Morgan fingerprint density at radius 2 is 2.50 bits per heavy atom. The molecule has 0 aliphatic rings. The van der Waals surface area contributed by atoms with E-state index < -0.39 is 5.97 Å². The molecule has 4 nitrogen and oxygen atoms in total. The van der Waals surface area contributed by atoms with E-state index in [1.165, 1.54) is 6.07 Å². The van der Waals surface area contributed by atoms with Crippen LogP contribution in [-0.4, -0.2) is 17.1 Å². The maximum absolute atomic E-state index is 10.5. The van der Waals surface area contributed by atoms with Crippen molar-refractivity contribution in [2.24, 2.45) is 0 Å². The molecule has 14 heavy (non-hydrogen) atoms.